The van der Waals surface area contributed by atoms with Crippen LogP contribution in [0.5, 0.6) is 0 Å². The highest BCUT2D eigenvalue weighted by molar-refractivity contribution is 5.91. The van der Waals surface area contributed by atoms with E-state index in [9.17, 15) is 18.4 Å². The maximum absolute atomic E-state index is 13.4. The third kappa shape index (κ3) is 4.61. The first-order chi connectivity index (χ1) is 11.5. The zero-order valence-corrected chi connectivity index (χ0v) is 12.4. The minimum atomic E-state index is -0.773. The Kier molecular flexibility index (Phi) is 5.58. The molecular formula is C17H12F2N2O3. The summed E-state index contributed by atoms with van der Waals surface area (Å²) in [5, 5.41) is 11.0. The lowest BCUT2D eigenvalue weighted by atomic mass is 10.1. The molecule has 0 saturated heterocycles. The maximum Gasteiger partial charge on any atom is 0.338 e. The lowest BCUT2D eigenvalue weighted by Crippen LogP contribution is -2.28. The van der Waals surface area contributed by atoms with Gasteiger partial charge in [-0.3, -0.25) is 4.79 Å². The predicted octanol–water partition coefficient (Wildman–Crippen LogP) is 2.31. The van der Waals surface area contributed by atoms with Gasteiger partial charge >= 0.3 is 5.97 Å². The fourth-order valence-electron chi connectivity index (χ4n) is 1.81. The molecule has 0 radical (unpaired) electrons. The number of ether oxygens (including phenoxy) is 1. The van der Waals surface area contributed by atoms with Crippen molar-refractivity contribution >= 4 is 11.9 Å². The lowest BCUT2D eigenvalue weighted by molar-refractivity contribution is -0.124. The van der Waals surface area contributed by atoms with E-state index in [0.29, 0.717) is 11.6 Å². The zero-order valence-electron chi connectivity index (χ0n) is 12.4. The van der Waals surface area contributed by atoms with Gasteiger partial charge in [-0.15, -0.1) is 0 Å². The van der Waals surface area contributed by atoms with Crippen molar-refractivity contribution in [2.45, 2.75) is 6.54 Å². The number of carbonyl (C=O) groups excluding carboxylic acids is 2. The van der Waals surface area contributed by atoms with Crippen LogP contribution >= 0.6 is 0 Å². The van der Waals surface area contributed by atoms with Crippen molar-refractivity contribution in [2.24, 2.45) is 0 Å². The predicted molar refractivity (Wildman–Crippen MR) is 79.6 cm³/mol. The molecule has 2 aromatic rings. The van der Waals surface area contributed by atoms with E-state index < -0.39 is 30.1 Å². The number of hydrogen-bond donors (Lipinski definition) is 1. The lowest BCUT2D eigenvalue weighted by Gasteiger charge is -2.07. The van der Waals surface area contributed by atoms with Gasteiger partial charge in [-0.2, -0.15) is 5.26 Å². The molecular weight excluding hydrogens is 318 g/mol. The highest BCUT2D eigenvalue weighted by atomic mass is 19.1. The number of nitrogens with zero attached hydrogens (tertiary/aromatic N) is 1. The second-order valence-corrected chi connectivity index (χ2v) is 4.78. The molecule has 0 aliphatic rings. The first kappa shape index (κ1) is 17.1. The van der Waals surface area contributed by atoms with Crippen LogP contribution in [0.25, 0.3) is 0 Å². The van der Waals surface area contributed by atoms with E-state index in [4.69, 9.17) is 10.00 Å². The molecule has 1 N–H and O–H groups in total. The molecule has 0 aliphatic carbocycles. The molecule has 0 atom stereocenters. The molecule has 2 rings (SSSR count). The van der Waals surface area contributed by atoms with Gasteiger partial charge in [-0.25, -0.2) is 13.6 Å². The van der Waals surface area contributed by atoms with Crippen LogP contribution in [0.4, 0.5) is 8.78 Å². The number of amides is 1. The summed E-state index contributed by atoms with van der Waals surface area (Å²) in [5.41, 5.74) is 0.708. The van der Waals surface area contributed by atoms with E-state index in [1.165, 1.54) is 30.3 Å². The van der Waals surface area contributed by atoms with E-state index in [1.54, 1.807) is 0 Å². The molecule has 1 amide bonds. The number of esters is 1. The Morgan fingerprint density at radius 1 is 1.12 bits per heavy atom. The van der Waals surface area contributed by atoms with Crippen molar-refractivity contribution in [3.8, 4) is 6.07 Å². The van der Waals surface area contributed by atoms with Gasteiger partial charge in [-0.05, 0) is 30.3 Å². The zero-order chi connectivity index (χ0) is 17.5. The van der Waals surface area contributed by atoms with Gasteiger partial charge in [0.2, 0.25) is 0 Å². The fourth-order valence-corrected chi connectivity index (χ4v) is 1.81. The smallest absolute Gasteiger partial charge is 0.338 e. The van der Waals surface area contributed by atoms with E-state index in [1.807, 2.05) is 6.07 Å². The summed E-state index contributed by atoms with van der Waals surface area (Å²) in [4.78, 5) is 23.3. The molecule has 0 fully saturated rings. The van der Waals surface area contributed by atoms with Gasteiger partial charge in [0.25, 0.3) is 5.91 Å². The Morgan fingerprint density at radius 3 is 2.46 bits per heavy atom. The molecule has 0 bridgehead atoms. The molecule has 0 aromatic heterocycles. The number of hydrogen-bond acceptors (Lipinski definition) is 4. The Labute approximate surface area is 136 Å². The third-order valence-corrected chi connectivity index (χ3v) is 3.08. The molecule has 0 heterocycles. The normalized spacial score (nSPS) is 9.88. The quantitative estimate of drug-likeness (QED) is 0.853. The van der Waals surface area contributed by atoms with Crippen molar-refractivity contribution in [2.75, 3.05) is 6.61 Å². The highest BCUT2D eigenvalue weighted by Crippen LogP contribution is 2.09. The maximum atomic E-state index is 13.4. The van der Waals surface area contributed by atoms with E-state index in [-0.39, 0.29) is 17.7 Å². The summed E-state index contributed by atoms with van der Waals surface area (Å²) in [6.07, 6.45) is 0. The second-order valence-electron chi connectivity index (χ2n) is 4.78. The summed E-state index contributed by atoms with van der Waals surface area (Å²) in [7, 11) is 0. The number of benzene rings is 2. The van der Waals surface area contributed by atoms with Gasteiger partial charge in [-0.1, -0.05) is 6.07 Å². The van der Waals surface area contributed by atoms with Gasteiger partial charge < -0.3 is 10.1 Å². The molecule has 0 spiro atoms. The van der Waals surface area contributed by atoms with Gasteiger partial charge in [0.05, 0.1) is 17.2 Å². The molecule has 7 heteroatoms. The van der Waals surface area contributed by atoms with Crippen LogP contribution in [-0.2, 0) is 16.1 Å². The average molecular weight is 330 g/mol. The van der Waals surface area contributed by atoms with E-state index in [0.717, 1.165) is 6.07 Å². The Balaban J connectivity index is 1.82. The van der Waals surface area contributed by atoms with Crippen molar-refractivity contribution in [3.63, 3.8) is 0 Å². The number of nitriles is 1. The fraction of sp³-hybridized carbons (Fsp3) is 0.118. The summed E-state index contributed by atoms with van der Waals surface area (Å²) in [5.74, 6) is -2.83. The summed E-state index contributed by atoms with van der Waals surface area (Å²) in [6.45, 7) is -0.693. The Morgan fingerprint density at radius 2 is 1.83 bits per heavy atom. The molecule has 122 valence electrons. The second kappa shape index (κ2) is 7.83. The van der Waals surface area contributed by atoms with Crippen LogP contribution in [0.2, 0.25) is 0 Å². The minimum absolute atomic E-state index is 0.114. The summed E-state index contributed by atoms with van der Waals surface area (Å²) >= 11 is 0. The molecule has 24 heavy (non-hydrogen) atoms. The van der Waals surface area contributed by atoms with Crippen LogP contribution in [0.1, 0.15) is 21.5 Å². The number of rotatable bonds is 5. The molecule has 0 saturated carbocycles. The monoisotopic (exact) mass is 330 g/mol. The van der Waals surface area contributed by atoms with Crippen LogP contribution in [0.3, 0.4) is 0 Å². The van der Waals surface area contributed by atoms with Crippen LogP contribution < -0.4 is 5.32 Å². The Hall–Kier alpha value is -3.27. The first-order valence-corrected chi connectivity index (χ1v) is 6.87. The van der Waals surface area contributed by atoms with Crippen LogP contribution in [0, 0.1) is 23.0 Å². The summed E-state index contributed by atoms with van der Waals surface area (Å²) in [6, 6.07) is 10.6. The molecule has 0 aliphatic heterocycles. The Bertz CT molecular complexity index is 798. The van der Waals surface area contributed by atoms with Crippen molar-refractivity contribution in [1.29, 1.82) is 5.26 Å². The largest absolute Gasteiger partial charge is 0.452 e. The topological polar surface area (TPSA) is 79.2 Å². The van der Waals surface area contributed by atoms with Crippen LogP contribution in [-0.4, -0.2) is 18.5 Å². The highest BCUT2D eigenvalue weighted by Gasteiger charge is 2.11. The number of nitrogens with one attached hydrogen (secondary N) is 1. The average Bonchev–Trinajstić information content (AvgIpc) is 2.59. The van der Waals surface area contributed by atoms with Gasteiger partial charge in [0, 0.05) is 18.2 Å². The molecule has 0 unspecified atom stereocenters. The van der Waals surface area contributed by atoms with Crippen molar-refractivity contribution in [1.82, 2.24) is 5.32 Å². The van der Waals surface area contributed by atoms with Crippen molar-refractivity contribution < 1.29 is 23.1 Å². The number of halogens is 2. The minimum Gasteiger partial charge on any atom is -0.452 e. The molecule has 2 aromatic carbocycles. The van der Waals surface area contributed by atoms with Crippen LogP contribution in [0.15, 0.2) is 42.5 Å². The summed E-state index contributed by atoms with van der Waals surface area (Å²) < 4.78 is 31.0. The van der Waals surface area contributed by atoms with Gasteiger partial charge in [0.1, 0.15) is 11.6 Å². The molecule has 5 nitrogen and oxygen atoms in total. The van der Waals surface area contributed by atoms with Crippen molar-refractivity contribution in [3.05, 3.63) is 70.8 Å². The standard InChI is InChI=1S/C17H12F2N2O3/c18-14-6-5-13(15(19)7-14)9-21-16(22)10-24-17(23)12-3-1-11(8-20)2-4-12/h1-7H,9-10H2,(H,21,22). The van der Waals surface area contributed by atoms with Gasteiger partial charge in [0.15, 0.2) is 6.61 Å². The van der Waals surface area contributed by atoms with E-state index >= 15 is 0 Å². The van der Waals surface area contributed by atoms with E-state index in [2.05, 4.69) is 5.32 Å². The third-order valence-electron chi connectivity index (χ3n) is 3.08. The SMILES string of the molecule is N#Cc1ccc(C(=O)OCC(=O)NCc2ccc(F)cc2F)cc1. The number of carbonyl (C=O) groups is 2. The first-order valence-electron chi connectivity index (χ1n) is 6.87.